The van der Waals surface area contributed by atoms with E-state index in [0.717, 1.165) is 10.0 Å². The molecule has 0 bridgehead atoms. The van der Waals surface area contributed by atoms with Crippen LogP contribution in [0.3, 0.4) is 0 Å². The molecule has 7 heteroatoms. The first kappa shape index (κ1) is 21.3. The summed E-state index contributed by atoms with van der Waals surface area (Å²) >= 11 is 4.69. The van der Waals surface area contributed by atoms with Gasteiger partial charge in [0.1, 0.15) is 5.75 Å². The van der Waals surface area contributed by atoms with E-state index < -0.39 is 0 Å². The lowest BCUT2D eigenvalue weighted by Gasteiger charge is -2.15. The lowest BCUT2D eigenvalue weighted by Crippen LogP contribution is -2.24. The van der Waals surface area contributed by atoms with Gasteiger partial charge >= 0.3 is 0 Å². The molecule has 0 unspecified atom stereocenters. The van der Waals surface area contributed by atoms with Crippen LogP contribution in [0.5, 0.6) is 5.75 Å². The van der Waals surface area contributed by atoms with Gasteiger partial charge in [-0.15, -0.1) is 0 Å². The molecule has 0 saturated heterocycles. The highest BCUT2D eigenvalue weighted by Crippen LogP contribution is 2.24. The summed E-state index contributed by atoms with van der Waals surface area (Å²) in [5.41, 5.74) is 1.93. The van der Waals surface area contributed by atoms with Crippen molar-refractivity contribution in [2.75, 3.05) is 12.9 Å². The van der Waals surface area contributed by atoms with Crippen LogP contribution in [0, 0.1) is 0 Å². The van der Waals surface area contributed by atoms with Crippen LogP contribution in [0.1, 0.15) is 15.9 Å². The highest BCUT2D eigenvalue weighted by Gasteiger charge is 2.16. The van der Waals surface area contributed by atoms with E-state index in [4.69, 9.17) is 9.72 Å². The van der Waals surface area contributed by atoms with Gasteiger partial charge in [0.15, 0.2) is 10.9 Å². The Kier molecular flexibility index (Phi) is 6.53. The first-order valence-corrected chi connectivity index (χ1v) is 11.4. The molecule has 0 spiro atoms. The minimum Gasteiger partial charge on any atom is -0.496 e. The van der Waals surface area contributed by atoms with E-state index in [1.165, 1.54) is 11.8 Å². The Morgan fingerprint density at radius 1 is 1.06 bits per heavy atom. The molecule has 1 aromatic heterocycles. The summed E-state index contributed by atoms with van der Waals surface area (Å²) in [6.07, 6.45) is 0. The Morgan fingerprint density at radius 2 is 1.81 bits per heavy atom. The van der Waals surface area contributed by atoms with E-state index in [1.54, 1.807) is 35.9 Å². The molecule has 31 heavy (non-hydrogen) atoms. The van der Waals surface area contributed by atoms with Gasteiger partial charge in [-0.3, -0.25) is 14.2 Å². The fraction of sp³-hybridized carbons (Fsp3) is 0.125. The number of hydrogen-bond acceptors (Lipinski definition) is 5. The first-order valence-electron chi connectivity index (χ1n) is 9.60. The van der Waals surface area contributed by atoms with Crippen molar-refractivity contribution in [2.24, 2.45) is 0 Å². The number of nitrogens with zero attached hydrogens (tertiary/aromatic N) is 2. The summed E-state index contributed by atoms with van der Waals surface area (Å²) < 4.78 is 7.87. The van der Waals surface area contributed by atoms with Crippen molar-refractivity contribution in [3.8, 4) is 5.75 Å². The molecule has 0 fully saturated rings. The summed E-state index contributed by atoms with van der Waals surface area (Å²) in [6.45, 7) is 0.292. The second kappa shape index (κ2) is 9.49. The molecule has 0 aliphatic carbocycles. The molecule has 0 N–H and O–H groups in total. The third-order valence-corrected chi connectivity index (χ3v) is 6.30. The Balaban J connectivity index is 1.75. The highest BCUT2D eigenvalue weighted by atomic mass is 79.9. The molecule has 0 atom stereocenters. The minimum atomic E-state index is -0.160. The summed E-state index contributed by atoms with van der Waals surface area (Å²) in [5.74, 6) is 0.865. The Hall–Kier alpha value is -2.90. The minimum absolute atomic E-state index is 0.0143. The zero-order chi connectivity index (χ0) is 21.8. The maximum absolute atomic E-state index is 13.4. The van der Waals surface area contributed by atoms with Gasteiger partial charge in [0.2, 0.25) is 0 Å². The van der Waals surface area contributed by atoms with E-state index in [2.05, 4.69) is 15.9 Å². The number of methoxy groups -OCH3 is 1. The average Bonchev–Trinajstić information content (AvgIpc) is 2.81. The van der Waals surface area contributed by atoms with Crippen molar-refractivity contribution in [1.82, 2.24) is 9.55 Å². The fourth-order valence-electron chi connectivity index (χ4n) is 3.26. The number of hydrogen-bond donors (Lipinski definition) is 0. The zero-order valence-corrected chi connectivity index (χ0v) is 19.2. The molecular formula is C24H19BrN2O3S. The molecule has 0 aliphatic heterocycles. The maximum atomic E-state index is 13.4. The lowest BCUT2D eigenvalue weighted by molar-refractivity contribution is 0.102. The van der Waals surface area contributed by atoms with E-state index in [9.17, 15) is 9.59 Å². The monoisotopic (exact) mass is 494 g/mol. The molecule has 4 rings (SSSR count). The molecule has 0 saturated carbocycles. The van der Waals surface area contributed by atoms with Crippen molar-refractivity contribution in [2.45, 2.75) is 11.7 Å². The number of halogens is 1. The predicted molar refractivity (Wildman–Crippen MR) is 127 cm³/mol. The topological polar surface area (TPSA) is 61.2 Å². The Bertz CT molecular complexity index is 1310. The zero-order valence-electron chi connectivity index (χ0n) is 16.7. The van der Waals surface area contributed by atoms with Gasteiger partial charge < -0.3 is 4.74 Å². The number of benzene rings is 3. The standard InChI is InChI=1S/C24H19BrN2O3S/c1-30-22-10-6-5-9-17(22)14-27-23(29)19-13-18(25)11-12-20(19)26-24(27)31-15-21(28)16-7-3-2-4-8-16/h2-13H,14-15H2,1H3. The molecule has 3 aromatic carbocycles. The fourth-order valence-corrected chi connectivity index (χ4v) is 4.52. The number of Topliss-reactive ketones (excluding diaryl/α,β-unsaturated/α-hetero) is 1. The number of ketones is 1. The van der Waals surface area contributed by atoms with Crippen molar-refractivity contribution in [3.05, 3.63) is 98.7 Å². The summed E-state index contributed by atoms with van der Waals surface area (Å²) in [6, 6.07) is 22.1. The molecule has 0 radical (unpaired) electrons. The first-order chi connectivity index (χ1) is 15.1. The number of thioether (sulfide) groups is 1. The second-order valence-electron chi connectivity index (χ2n) is 6.84. The number of fused-ring (bicyclic) bond motifs is 1. The van der Waals surface area contributed by atoms with Crippen LogP contribution in [0.2, 0.25) is 0 Å². The largest absolute Gasteiger partial charge is 0.496 e. The molecule has 0 amide bonds. The molecule has 0 aliphatic rings. The molecular weight excluding hydrogens is 476 g/mol. The van der Waals surface area contributed by atoms with Crippen LogP contribution < -0.4 is 10.3 Å². The number of carbonyl (C=O) groups excluding carboxylic acids is 1. The van der Waals surface area contributed by atoms with Crippen LogP contribution in [0.4, 0.5) is 0 Å². The smallest absolute Gasteiger partial charge is 0.262 e. The van der Waals surface area contributed by atoms with Gasteiger partial charge in [-0.25, -0.2) is 4.98 Å². The number of para-hydroxylation sites is 1. The van der Waals surface area contributed by atoms with Crippen molar-refractivity contribution in [3.63, 3.8) is 0 Å². The van der Waals surface area contributed by atoms with Crippen LogP contribution in [0.25, 0.3) is 10.9 Å². The quantitative estimate of drug-likeness (QED) is 0.201. The van der Waals surface area contributed by atoms with Crippen molar-refractivity contribution >= 4 is 44.4 Å². The van der Waals surface area contributed by atoms with Gasteiger partial charge in [-0.2, -0.15) is 0 Å². The normalized spacial score (nSPS) is 10.9. The van der Waals surface area contributed by atoms with Gasteiger partial charge in [0, 0.05) is 15.6 Å². The molecule has 5 nitrogen and oxygen atoms in total. The predicted octanol–water partition coefficient (Wildman–Crippen LogP) is 5.19. The Labute approximate surface area is 192 Å². The SMILES string of the molecule is COc1ccccc1Cn1c(SCC(=O)c2ccccc2)nc2ccc(Br)cc2c1=O. The van der Waals surface area contributed by atoms with Crippen LogP contribution in [-0.2, 0) is 6.54 Å². The summed E-state index contributed by atoms with van der Waals surface area (Å²) in [5, 5.41) is 1.01. The molecule has 1 heterocycles. The van der Waals surface area contributed by atoms with Gasteiger partial charge in [0.05, 0.1) is 30.3 Å². The lowest BCUT2D eigenvalue weighted by atomic mass is 10.2. The van der Waals surface area contributed by atoms with E-state index in [-0.39, 0.29) is 17.1 Å². The van der Waals surface area contributed by atoms with Gasteiger partial charge in [0.25, 0.3) is 5.56 Å². The van der Waals surface area contributed by atoms with Crippen LogP contribution in [0.15, 0.2) is 87.2 Å². The number of carbonyl (C=O) groups is 1. The summed E-state index contributed by atoms with van der Waals surface area (Å²) in [7, 11) is 1.60. The third kappa shape index (κ3) is 4.73. The van der Waals surface area contributed by atoms with E-state index >= 15 is 0 Å². The van der Waals surface area contributed by atoms with Crippen LogP contribution in [-0.4, -0.2) is 28.2 Å². The number of rotatable bonds is 7. The number of aromatic nitrogens is 2. The van der Waals surface area contributed by atoms with E-state index in [1.807, 2.05) is 48.5 Å². The van der Waals surface area contributed by atoms with Crippen molar-refractivity contribution in [1.29, 1.82) is 0 Å². The average molecular weight is 495 g/mol. The third-order valence-electron chi connectivity index (χ3n) is 4.83. The van der Waals surface area contributed by atoms with Crippen LogP contribution >= 0.6 is 27.7 Å². The number of ether oxygens (including phenoxy) is 1. The Morgan fingerprint density at radius 3 is 2.58 bits per heavy atom. The van der Waals surface area contributed by atoms with Crippen molar-refractivity contribution < 1.29 is 9.53 Å². The summed E-state index contributed by atoms with van der Waals surface area (Å²) in [4.78, 5) is 30.7. The maximum Gasteiger partial charge on any atom is 0.262 e. The van der Waals surface area contributed by atoms with Gasteiger partial charge in [-0.05, 0) is 24.3 Å². The van der Waals surface area contributed by atoms with Gasteiger partial charge in [-0.1, -0.05) is 76.2 Å². The highest BCUT2D eigenvalue weighted by molar-refractivity contribution is 9.10. The molecule has 156 valence electrons. The van der Waals surface area contributed by atoms with E-state index in [0.29, 0.717) is 33.9 Å². The molecule has 4 aromatic rings. The second-order valence-corrected chi connectivity index (χ2v) is 8.70.